The second-order valence-corrected chi connectivity index (χ2v) is 7.82. The highest BCUT2D eigenvalue weighted by atomic mass is 79.9. The number of aliphatic hydroxyl groups is 1. The van der Waals surface area contributed by atoms with E-state index in [1.165, 1.54) is 0 Å². The van der Waals surface area contributed by atoms with Crippen LogP contribution in [0, 0.1) is 0 Å². The minimum atomic E-state index is -0.584. The smallest absolute Gasteiger partial charge is 0.167 e. The van der Waals surface area contributed by atoms with E-state index in [1.807, 2.05) is 66.7 Å². The van der Waals surface area contributed by atoms with Gasteiger partial charge in [-0.1, -0.05) is 70.0 Å². The van der Waals surface area contributed by atoms with Crippen LogP contribution in [0.4, 0.5) is 0 Å². The fourth-order valence-electron chi connectivity index (χ4n) is 2.93. The number of aliphatic hydroxyl groups excluding tert-OH is 1. The number of ether oxygens (including phenoxy) is 2. The second-order valence-electron chi connectivity index (χ2n) is 6.53. The summed E-state index contributed by atoms with van der Waals surface area (Å²) in [5.41, 5.74) is 2.82. The molecule has 1 unspecified atom stereocenters. The summed E-state index contributed by atoms with van der Waals surface area (Å²) >= 11 is 9.56. The van der Waals surface area contributed by atoms with Crippen LogP contribution < -0.4 is 14.8 Å². The summed E-state index contributed by atoms with van der Waals surface area (Å²) in [6, 6.07) is 20.9. The van der Waals surface area contributed by atoms with Gasteiger partial charge in [0.25, 0.3) is 0 Å². The number of benzene rings is 3. The standard InChI is InChI=1S/C23H23BrClNO3/c1-28-22-12-11-20(24)19(13-26-14-21(27)17-5-3-2-4-6-17)23(22)29-15-16-7-9-18(25)10-8-16/h2-12,21,26-27H,13-15H2,1H3. The van der Waals surface area contributed by atoms with Gasteiger partial charge in [0.15, 0.2) is 11.5 Å². The maximum Gasteiger partial charge on any atom is 0.167 e. The van der Waals surface area contributed by atoms with Crippen molar-refractivity contribution >= 4 is 27.5 Å². The third-order valence-electron chi connectivity index (χ3n) is 4.51. The zero-order valence-corrected chi connectivity index (χ0v) is 18.4. The van der Waals surface area contributed by atoms with Gasteiger partial charge in [0, 0.05) is 28.1 Å². The molecule has 0 saturated carbocycles. The van der Waals surface area contributed by atoms with Gasteiger partial charge in [0.2, 0.25) is 0 Å². The number of halogens is 2. The van der Waals surface area contributed by atoms with Crippen molar-refractivity contribution in [3.8, 4) is 11.5 Å². The van der Waals surface area contributed by atoms with Gasteiger partial charge >= 0.3 is 0 Å². The molecule has 0 aliphatic heterocycles. The van der Waals surface area contributed by atoms with E-state index in [0.29, 0.717) is 36.2 Å². The summed E-state index contributed by atoms with van der Waals surface area (Å²) < 4.78 is 12.5. The molecule has 0 spiro atoms. The van der Waals surface area contributed by atoms with Crippen LogP contribution in [0.25, 0.3) is 0 Å². The first-order chi connectivity index (χ1) is 14.1. The van der Waals surface area contributed by atoms with Crippen molar-refractivity contribution in [2.45, 2.75) is 19.3 Å². The first-order valence-electron chi connectivity index (χ1n) is 9.25. The SMILES string of the molecule is COc1ccc(Br)c(CNCC(O)c2ccccc2)c1OCc1ccc(Cl)cc1. The van der Waals surface area contributed by atoms with E-state index in [1.54, 1.807) is 7.11 Å². The highest BCUT2D eigenvalue weighted by Gasteiger charge is 2.16. The summed E-state index contributed by atoms with van der Waals surface area (Å²) in [5.74, 6) is 1.32. The monoisotopic (exact) mass is 475 g/mol. The summed E-state index contributed by atoms with van der Waals surface area (Å²) in [6.07, 6.45) is -0.584. The predicted octanol–water partition coefficient (Wildman–Crippen LogP) is 5.51. The molecule has 0 aliphatic rings. The molecule has 0 saturated heterocycles. The Labute approximate surface area is 184 Å². The van der Waals surface area contributed by atoms with Gasteiger partial charge in [-0.25, -0.2) is 0 Å². The molecule has 1 atom stereocenters. The van der Waals surface area contributed by atoms with Gasteiger partial charge in [-0.2, -0.15) is 0 Å². The minimum Gasteiger partial charge on any atom is -0.493 e. The molecule has 6 heteroatoms. The van der Waals surface area contributed by atoms with E-state index >= 15 is 0 Å². The molecule has 2 N–H and O–H groups in total. The average Bonchev–Trinajstić information content (AvgIpc) is 2.75. The fourth-order valence-corrected chi connectivity index (χ4v) is 3.51. The normalized spacial score (nSPS) is 11.9. The third-order valence-corrected chi connectivity index (χ3v) is 5.50. The molecule has 4 nitrogen and oxygen atoms in total. The third kappa shape index (κ3) is 5.97. The van der Waals surface area contributed by atoms with E-state index in [4.69, 9.17) is 21.1 Å². The molecule has 0 amide bonds. The van der Waals surface area contributed by atoms with Crippen molar-refractivity contribution in [2.75, 3.05) is 13.7 Å². The van der Waals surface area contributed by atoms with Crippen LogP contribution in [0.1, 0.15) is 22.8 Å². The Balaban J connectivity index is 1.70. The summed E-state index contributed by atoms with van der Waals surface area (Å²) in [6.45, 7) is 1.32. The zero-order valence-electron chi connectivity index (χ0n) is 16.1. The van der Waals surface area contributed by atoms with Crippen LogP contribution in [0.2, 0.25) is 5.02 Å². The van der Waals surface area contributed by atoms with E-state index in [-0.39, 0.29) is 0 Å². The van der Waals surface area contributed by atoms with Gasteiger partial charge < -0.3 is 19.9 Å². The number of nitrogens with one attached hydrogen (secondary N) is 1. The van der Waals surface area contributed by atoms with Crippen LogP contribution in [0.5, 0.6) is 11.5 Å². The Morgan fingerprint density at radius 2 is 1.76 bits per heavy atom. The molecular formula is C23H23BrClNO3. The fraction of sp³-hybridized carbons (Fsp3) is 0.217. The van der Waals surface area contributed by atoms with E-state index in [0.717, 1.165) is 21.2 Å². The number of rotatable bonds is 9. The summed E-state index contributed by atoms with van der Waals surface area (Å²) in [7, 11) is 1.62. The lowest BCUT2D eigenvalue weighted by Crippen LogP contribution is -2.21. The lowest BCUT2D eigenvalue weighted by molar-refractivity contribution is 0.174. The predicted molar refractivity (Wildman–Crippen MR) is 120 cm³/mol. The number of hydrogen-bond acceptors (Lipinski definition) is 4. The van der Waals surface area contributed by atoms with Gasteiger partial charge in [-0.3, -0.25) is 0 Å². The van der Waals surface area contributed by atoms with E-state index < -0.39 is 6.10 Å². The van der Waals surface area contributed by atoms with Crippen molar-refractivity contribution in [3.05, 3.63) is 92.9 Å². The minimum absolute atomic E-state index is 0.392. The molecule has 3 aromatic rings. The molecular weight excluding hydrogens is 454 g/mol. The van der Waals surface area contributed by atoms with Gasteiger partial charge in [-0.05, 0) is 35.4 Å². The average molecular weight is 477 g/mol. The molecule has 0 heterocycles. The highest BCUT2D eigenvalue weighted by molar-refractivity contribution is 9.10. The molecule has 0 bridgehead atoms. The van der Waals surface area contributed by atoms with Crippen molar-refractivity contribution < 1.29 is 14.6 Å². The zero-order chi connectivity index (χ0) is 20.6. The van der Waals surface area contributed by atoms with Crippen LogP contribution in [0.15, 0.2) is 71.2 Å². The van der Waals surface area contributed by atoms with Crippen LogP contribution in [-0.4, -0.2) is 18.8 Å². The molecule has 0 aromatic heterocycles. The lowest BCUT2D eigenvalue weighted by Gasteiger charge is -2.18. The summed E-state index contributed by atoms with van der Waals surface area (Å²) in [5, 5.41) is 14.4. The van der Waals surface area contributed by atoms with Crippen LogP contribution >= 0.6 is 27.5 Å². The van der Waals surface area contributed by atoms with Crippen LogP contribution in [-0.2, 0) is 13.2 Å². The van der Waals surface area contributed by atoms with Crippen molar-refractivity contribution in [1.82, 2.24) is 5.32 Å². The molecule has 152 valence electrons. The highest BCUT2D eigenvalue weighted by Crippen LogP contribution is 2.37. The molecule has 0 aliphatic carbocycles. The van der Waals surface area contributed by atoms with Crippen molar-refractivity contribution in [1.29, 1.82) is 0 Å². The molecule has 29 heavy (non-hydrogen) atoms. The first-order valence-corrected chi connectivity index (χ1v) is 10.4. The largest absolute Gasteiger partial charge is 0.493 e. The lowest BCUT2D eigenvalue weighted by atomic mass is 10.1. The quantitative estimate of drug-likeness (QED) is 0.427. The van der Waals surface area contributed by atoms with Gasteiger partial charge in [0.05, 0.1) is 13.2 Å². The molecule has 0 radical (unpaired) electrons. The second kappa shape index (κ2) is 10.6. The number of hydrogen-bond donors (Lipinski definition) is 2. The number of methoxy groups -OCH3 is 1. The van der Waals surface area contributed by atoms with Gasteiger partial charge in [0.1, 0.15) is 6.61 Å². The van der Waals surface area contributed by atoms with Crippen molar-refractivity contribution in [3.63, 3.8) is 0 Å². The Kier molecular flexibility index (Phi) is 7.95. The molecule has 3 rings (SSSR count). The Bertz CT molecular complexity index is 919. The van der Waals surface area contributed by atoms with E-state index in [2.05, 4.69) is 21.2 Å². The van der Waals surface area contributed by atoms with E-state index in [9.17, 15) is 5.11 Å². The molecule has 3 aromatic carbocycles. The maximum absolute atomic E-state index is 10.4. The van der Waals surface area contributed by atoms with Crippen LogP contribution in [0.3, 0.4) is 0 Å². The van der Waals surface area contributed by atoms with Gasteiger partial charge in [-0.15, -0.1) is 0 Å². The Hall–Kier alpha value is -2.05. The maximum atomic E-state index is 10.4. The van der Waals surface area contributed by atoms with Crippen molar-refractivity contribution in [2.24, 2.45) is 0 Å². The summed E-state index contributed by atoms with van der Waals surface area (Å²) in [4.78, 5) is 0. The Morgan fingerprint density at radius 1 is 1.03 bits per heavy atom. The topological polar surface area (TPSA) is 50.7 Å². The Morgan fingerprint density at radius 3 is 2.45 bits per heavy atom. The molecule has 0 fully saturated rings. The first kappa shape index (κ1) is 21.7.